The van der Waals surface area contributed by atoms with Crippen LogP contribution in [0.3, 0.4) is 0 Å². The lowest BCUT2D eigenvalue weighted by Gasteiger charge is -2.13. The molecule has 0 aliphatic carbocycles. The molecule has 1 aromatic rings. The number of Topliss-reactive ketones (excluding diaryl/α,β-unsaturated/α-hetero) is 1. The Bertz CT molecular complexity index is 440. The lowest BCUT2D eigenvalue weighted by Crippen LogP contribution is -2.17. The van der Waals surface area contributed by atoms with Gasteiger partial charge in [0.05, 0.1) is 0 Å². The molecule has 0 fully saturated rings. The fourth-order valence-electron chi connectivity index (χ4n) is 1.84. The van der Waals surface area contributed by atoms with E-state index in [0.29, 0.717) is 5.56 Å². The summed E-state index contributed by atoms with van der Waals surface area (Å²) in [4.78, 5) is 33.3. The van der Waals surface area contributed by atoms with E-state index in [1.807, 2.05) is 0 Å². The standard InChI is InChI=1S/C14H16O5.ClH/c15-12(16)8-6-11(7-9-13(17)18)14(19)10-4-2-1-3-5-10;/h1-5,11H,6-9H2,(H,15,16)(H,17,18);1H. The van der Waals surface area contributed by atoms with Gasteiger partial charge in [-0.25, -0.2) is 0 Å². The van der Waals surface area contributed by atoms with E-state index in [1.54, 1.807) is 30.3 Å². The maximum atomic E-state index is 12.2. The third-order valence-electron chi connectivity index (χ3n) is 2.84. The van der Waals surface area contributed by atoms with Gasteiger partial charge in [0.2, 0.25) is 0 Å². The molecule has 0 unspecified atom stereocenters. The maximum Gasteiger partial charge on any atom is 0.303 e. The van der Waals surface area contributed by atoms with Gasteiger partial charge in [-0.3, -0.25) is 14.4 Å². The summed E-state index contributed by atoms with van der Waals surface area (Å²) in [5.41, 5.74) is 0.489. The minimum Gasteiger partial charge on any atom is -0.481 e. The van der Waals surface area contributed by atoms with Crippen molar-refractivity contribution >= 4 is 30.1 Å². The summed E-state index contributed by atoms with van der Waals surface area (Å²) in [6, 6.07) is 8.52. The molecule has 110 valence electrons. The highest BCUT2D eigenvalue weighted by Crippen LogP contribution is 2.19. The molecule has 0 aliphatic heterocycles. The van der Waals surface area contributed by atoms with Gasteiger partial charge in [0.1, 0.15) is 0 Å². The molecule has 0 saturated carbocycles. The number of hydrogen-bond acceptors (Lipinski definition) is 3. The number of carboxylic acids is 2. The van der Waals surface area contributed by atoms with E-state index in [4.69, 9.17) is 10.2 Å². The van der Waals surface area contributed by atoms with E-state index in [9.17, 15) is 14.4 Å². The van der Waals surface area contributed by atoms with Crippen molar-refractivity contribution in [2.24, 2.45) is 5.92 Å². The second-order valence-electron chi connectivity index (χ2n) is 4.29. The predicted octanol–water partition coefficient (Wildman–Crippen LogP) is 2.64. The second-order valence-corrected chi connectivity index (χ2v) is 4.29. The number of carbonyl (C=O) groups is 3. The van der Waals surface area contributed by atoms with Crippen LogP contribution in [0.2, 0.25) is 0 Å². The molecule has 0 radical (unpaired) electrons. The fraction of sp³-hybridized carbons (Fsp3) is 0.357. The molecule has 5 nitrogen and oxygen atoms in total. The fourth-order valence-corrected chi connectivity index (χ4v) is 1.84. The first-order chi connectivity index (χ1) is 9.00. The van der Waals surface area contributed by atoms with Crippen LogP contribution in [0.25, 0.3) is 0 Å². The van der Waals surface area contributed by atoms with E-state index in [0.717, 1.165) is 0 Å². The van der Waals surface area contributed by atoms with Crippen LogP contribution in [0.4, 0.5) is 0 Å². The third-order valence-corrected chi connectivity index (χ3v) is 2.84. The van der Waals surface area contributed by atoms with Gasteiger partial charge in [0.25, 0.3) is 0 Å². The predicted molar refractivity (Wildman–Crippen MR) is 75.3 cm³/mol. The second kappa shape index (κ2) is 9.09. The minimum absolute atomic E-state index is 0. The summed E-state index contributed by atoms with van der Waals surface area (Å²) >= 11 is 0. The van der Waals surface area contributed by atoms with E-state index >= 15 is 0 Å². The molecule has 2 N–H and O–H groups in total. The SMILES string of the molecule is Cl.O=C(O)CCC(CCC(=O)O)C(=O)c1ccccc1. The van der Waals surface area contributed by atoms with Crippen LogP contribution in [-0.4, -0.2) is 27.9 Å². The molecular formula is C14H17ClO5. The van der Waals surface area contributed by atoms with Crippen molar-refractivity contribution in [3.8, 4) is 0 Å². The van der Waals surface area contributed by atoms with Gasteiger partial charge in [0, 0.05) is 24.3 Å². The molecule has 20 heavy (non-hydrogen) atoms. The zero-order chi connectivity index (χ0) is 14.3. The van der Waals surface area contributed by atoms with Crippen LogP contribution in [0.5, 0.6) is 0 Å². The molecule has 0 aliphatic rings. The quantitative estimate of drug-likeness (QED) is 0.720. The molecule has 0 heterocycles. The lowest BCUT2D eigenvalue weighted by molar-refractivity contribution is -0.137. The van der Waals surface area contributed by atoms with Gasteiger partial charge >= 0.3 is 11.9 Å². The van der Waals surface area contributed by atoms with Crippen LogP contribution in [0.1, 0.15) is 36.0 Å². The summed E-state index contributed by atoms with van der Waals surface area (Å²) in [5, 5.41) is 17.3. The van der Waals surface area contributed by atoms with Crippen LogP contribution in [0, 0.1) is 5.92 Å². The van der Waals surface area contributed by atoms with Gasteiger partial charge < -0.3 is 10.2 Å². The van der Waals surface area contributed by atoms with Crippen LogP contribution < -0.4 is 0 Å². The first kappa shape index (κ1) is 18.1. The van der Waals surface area contributed by atoms with Crippen molar-refractivity contribution in [1.29, 1.82) is 0 Å². The van der Waals surface area contributed by atoms with E-state index in [2.05, 4.69) is 0 Å². The number of hydrogen-bond donors (Lipinski definition) is 2. The normalized spacial score (nSPS) is 9.85. The van der Waals surface area contributed by atoms with Crippen LogP contribution in [0.15, 0.2) is 30.3 Å². The third kappa shape index (κ3) is 6.33. The van der Waals surface area contributed by atoms with Crippen molar-refractivity contribution < 1.29 is 24.6 Å². The molecule has 0 amide bonds. The highest BCUT2D eigenvalue weighted by molar-refractivity contribution is 5.98. The Morgan fingerprint density at radius 2 is 1.35 bits per heavy atom. The Hall–Kier alpha value is -1.88. The van der Waals surface area contributed by atoms with Crippen molar-refractivity contribution in [3.05, 3.63) is 35.9 Å². The Morgan fingerprint density at radius 3 is 1.75 bits per heavy atom. The summed E-state index contributed by atoms with van der Waals surface area (Å²) in [7, 11) is 0. The first-order valence-electron chi connectivity index (χ1n) is 6.03. The maximum absolute atomic E-state index is 12.2. The molecule has 1 aromatic carbocycles. The van der Waals surface area contributed by atoms with Gasteiger partial charge in [-0.05, 0) is 12.8 Å². The van der Waals surface area contributed by atoms with E-state index < -0.39 is 17.9 Å². The largest absolute Gasteiger partial charge is 0.481 e. The average molecular weight is 301 g/mol. The molecule has 1 rings (SSSR count). The van der Waals surface area contributed by atoms with Crippen molar-refractivity contribution in [2.45, 2.75) is 25.7 Å². The zero-order valence-corrected chi connectivity index (χ0v) is 11.6. The zero-order valence-electron chi connectivity index (χ0n) is 10.8. The summed E-state index contributed by atoms with van der Waals surface area (Å²) in [6.07, 6.45) is 0.0540. The number of rotatable bonds is 8. The number of carbonyl (C=O) groups excluding carboxylic acids is 1. The molecule has 0 spiro atoms. The Balaban J connectivity index is 0.00000361. The summed E-state index contributed by atoms with van der Waals surface area (Å²) in [5.74, 6) is -2.72. The Morgan fingerprint density at radius 1 is 0.900 bits per heavy atom. The summed E-state index contributed by atoms with van der Waals surface area (Å²) in [6.45, 7) is 0. The van der Waals surface area contributed by atoms with Gasteiger partial charge in [-0.1, -0.05) is 30.3 Å². The molecule has 0 aromatic heterocycles. The number of carboxylic acid groups (broad SMARTS) is 2. The molecular weight excluding hydrogens is 284 g/mol. The van der Waals surface area contributed by atoms with E-state index in [1.165, 1.54) is 0 Å². The Kier molecular flexibility index (Phi) is 8.24. The van der Waals surface area contributed by atoms with Crippen molar-refractivity contribution in [3.63, 3.8) is 0 Å². The van der Waals surface area contributed by atoms with Crippen molar-refractivity contribution in [2.75, 3.05) is 0 Å². The Labute approximate surface area is 123 Å². The van der Waals surface area contributed by atoms with E-state index in [-0.39, 0.29) is 43.9 Å². The first-order valence-corrected chi connectivity index (χ1v) is 6.03. The molecule has 6 heteroatoms. The van der Waals surface area contributed by atoms with Gasteiger partial charge in [-0.2, -0.15) is 0 Å². The monoisotopic (exact) mass is 300 g/mol. The number of halogens is 1. The van der Waals surface area contributed by atoms with Crippen molar-refractivity contribution in [1.82, 2.24) is 0 Å². The average Bonchev–Trinajstić information content (AvgIpc) is 2.38. The molecule has 0 bridgehead atoms. The van der Waals surface area contributed by atoms with Crippen LogP contribution in [-0.2, 0) is 9.59 Å². The smallest absolute Gasteiger partial charge is 0.303 e. The number of benzene rings is 1. The lowest BCUT2D eigenvalue weighted by atomic mass is 9.89. The van der Waals surface area contributed by atoms with Crippen LogP contribution >= 0.6 is 12.4 Å². The number of aliphatic carboxylic acids is 2. The molecule has 0 saturated heterocycles. The topological polar surface area (TPSA) is 91.7 Å². The molecule has 0 atom stereocenters. The van der Waals surface area contributed by atoms with Gasteiger partial charge in [0.15, 0.2) is 5.78 Å². The summed E-state index contributed by atoms with van der Waals surface area (Å²) < 4.78 is 0. The highest BCUT2D eigenvalue weighted by Gasteiger charge is 2.21. The van der Waals surface area contributed by atoms with Gasteiger partial charge in [-0.15, -0.1) is 12.4 Å². The number of ketones is 1. The minimum atomic E-state index is -0.985. The highest BCUT2D eigenvalue weighted by atomic mass is 35.5.